The number of benzene rings is 1. The van der Waals surface area contributed by atoms with Crippen LogP contribution in [0.2, 0.25) is 0 Å². The van der Waals surface area contributed by atoms with Gasteiger partial charge in [0.2, 0.25) is 5.91 Å². The van der Waals surface area contributed by atoms with Gasteiger partial charge in [-0.2, -0.15) is 0 Å². The fraction of sp³-hybridized carbons (Fsp3) is 0.364. The van der Waals surface area contributed by atoms with Crippen molar-refractivity contribution in [1.82, 2.24) is 5.32 Å². The SMILES string of the molecule is CNC(=O)CNc1ccc(OC)c(OC)c1. The van der Waals surface area contributed by atoms with Gasteiger partial charge in [-0.1, -0.05) is 0 Å². The van der Waals surface area contributed by atoms with Crippen LogP contribution in [0.5, 0.6) is 11.5 Å². The summed E-state index contributed by atoms with van der Waals surface area (Å²) in [6.45, 7) is 0.228. The molecule has 88 valence electrons. The van der Waals surface area contributed by atoms with E-state index in [4.69, 9.17) is 9.47 Å². The summed E-state index contributed by atoms with van der Waals surface area (Å²) in [6, 6.07) is 5.39. The van der Waals surface area contributed by atoms with Gasteiger partial charge in [0.25, 0.3) is 0 Å². The number of anilines is 1. The van der Waals surface area contributed by atoms with Gasteiger partial charge in [0.1, 0.15) is 0 Å². The first-order valence-corrected chi connectivity index (χ1v) is 4.87. The van der Waals surface area contributed by atoms with Crippen molar-refractivity contribution >= 4 is 11.6 Å². The average molecular weight is 224 g/mol. The Morgan fingerprint density at radius 3 is 2.50 bits per heavy atom. The monoisotopic (exact) mass is 224 g/mol. The summed E-state index contributed by atoms with van der Waals surface area (Å²) in [7, 11) is 4.74. The van der Waals surface area contributed by atoms with Crippen LogP contribution in [0.15, 0.2) is 18.2 Å². The molecule has 0 fully saturated rings. The molecule has 0 saturated heterocycles. The first kappa shape index (κ1) is 12.2. The van der Waals surface area contributed by atoms with E-state index in [0.29, 0.717) is 11.5 Å². The lowest BCUT2D eigenvalue weighted by molar-refractivity contribution is -0.118. The van der Waals surface area contributed by atoms with E-state index in [0.717, 1.165) is 5.69 Å². The highest BCUT2D eigenvalue weighted by atomic mass is 16.5. The number of carbonyl (C=O) groups excluding carboxylic acids is 1. The molecule has 0 heterocycles. The van der Waals surface area contributed by atoms with E-state index in [1.54, 1.807) is 33.4 Å². The van der Waals surface area contributed by atoms with E-state index in [2.05, 4.69) is 10.6 Å². The van der Waals surface area contributed by atoms with Crippen LogP contribution < -0.4 is 20.1 Å². The molecule has 0 spiro atoms. The van der Waals surface area contributed by atoms with Crippen LogP contribution in [0, 0.1) is 0 Å². The molecule has 0 aliphatic carbocycles. The number of hydrogen-bond donors (Lipinski definition) is 2. The topological polar surface area (TPSA) is 59.6 Å². The van der Waals surface area contributed by atoms with Crippen molar-refractivity contribution < 1.29 is 14.3 Å². The van der Waals surface area contributed by atoms with Crippen molar-refractivity contribution in [3.8, 4) is 11.5 Å². The molecule has 0 atom stereocenters. The van der Waals surface area contributed by atoms with Crippen LogP contribution in [0.1, 0.15) is 0 Å². The lowest BCUT2D eigenvalue weighted by Gasteiger charge is -2.10. The summed E-state index contributed by atoms with van der Waals surface area (Å²) in [6.07, 6.45) is 0. The molecule has 1 aromatic carbocycles. The van der Waals surface area contributed by atoms with E-state index in [-0.39, 0.29) is 12.5 Å². The second-order valence-electron chi connectivity index (χ2n) is 3.10. The van der Waals surface area contributed by atoms with E-state index < -0.39 is 0 Å². The Kier molecular flexibility index (Phi) is 4.44. The van der Waals surface area contributed by atoms with E-state index in [1.807, 2.05) is 6.07 Å². The second-order valence-corrected chi connectivity index (χ2v) is 3.10. The molecular weight excluding hydrogens is 208 g/mol. The molecule has 0 unspecified atom stereocenters. The molecule has 16 heavy (non-hydrogen) atoms. The molecule has 0 aromatic heterocycles. The van der Waals surface area contributed by atoms with Gasteiger partial charge < -0.3 is 20.1 Å². The standard InChI is InChI=1S/C11H16N2O3/c1-12-11(14)7-13-8-4-5-9(15-2)10(6-8)16-3/h4-6,13H,7H2,1-3H3,(H,12,14). The summed E-state index contributed by atoms with van der Waals surface area (Å²) < 4.78 is 10.3. The molecule has 0 aliphatic rings. The van der Waals surface area contributed by atoms with Crippen molar-refractivity contribution in [2.24, 2.45) is 0 Å². The smallest absolute Gasteiger partial charge is 0.239 e. The minimum absolute atomic E-state index is 0.0743. The van der Waals surface area contributed by atoms with Gasteiger partial charge in [0, 0.05) is 18.8 Å². The Labute approximate surface area is 94.7 Å². The van der Waals surface area contributed by atoms with E-state index in [9.17, 15) is 4.79 Å². The Morgan fingerprint density at radius 1 is 1.25 bits per heavy atom. The van der Waals surface area contributed by atoms with Crippen LogP contribution in [-0.4, -0.2) is 33.7 Å². The largest absolute Gasteiger partial charge is 0.493 e. The van der Waals surface area contributed by atoms with Crippen molar-refractivity contribution in [3.05, 3.63) is 18.2 Å². The fourth-order valence-electron chi connectivity index (χ4n) is 1.22. The van der Waals surface area contributed by atoms with Crippen LogP contribution in [-0.2, 0) is 4.79 Å². The van der Waals surface area contributed by atoms with Gasteiger partial charge in [0.05, 0.1) is 20.8 Å². The van der Waals surface area contributed by atoms with Crippen molar-refractivity contribution in [2.75, 3.05) is 33.1 Å². The Morgan fingerprint density at radius 2 is 1.94 bits per heavy atom. The highest BCUT2D eigenvalue weighted by Gasteiger charge is 2.04. The maximum atomic E-state index is 11.0. The predicted octanol–water partition coefficient (Wildman–Crippen LogP) is 0.862. The minimum Gasteiger partial charge on any atom is -0.493 e. The highest BCUT2D eigenvalue weighted by molar-refractivity contribution is 5.80. The van der Waals surface area contributed by atoms with Crippen molar-refractivity contribution in [1.29, 1.82) is 0 Å². The number of amides is 1. The van der Waals surface area contributed by atoms with Gasteiger partial charge >= 0.3 is 0 Å². The molecule has 5 heteroatoms. The van der Waals surface area contributed by atoms with Gasteiger partial charge in [-0.15, -0.1) is 0 Å². The molecule has 1 amide bonds. The minimum atomic E-state index is -0.0743. The Balaban J connectivity index is 2.71. The summed E-state index contributed by atoms with van der Waals surface area (Å²) in [5, 5.41) is 5.50. The van der Waals surface area contributed by atoms with Gasteiger partial charge in [-0.05, 0) is 12.1 Å². The van der Waals surface area contributed by atoms with Crippen LogP contribution in [0.25, 0.3) is 0 Å². The van der Waals surface area contributed by atoms with Crippen molar-refractivity contribution in [3.63, 3.8) is 0 Å². The number of methoxy groups -OCH3 is 2. The zero-order valence-electron chi connectivity index (χ0n) is 9.66. The number of rotatable bonds is 5. The van der Waals surface area contributed by atoms with Gasteiger partial charge in [-0.3, -0.25) is 4.79 Å². The highest BCUT2D eigenvalue weighted by Crippen LogP contribution is 2.29. The number of likely N-dealkylation sites (N-methyl/N-ethyl adjacent to an activating group) is 1. The summed E-state index contributed by atoms with van der Waals surface area (Å²) in [4.78, 5) is 11.0. The quantitative estimate of drug-likeness (QED) is 0.779. The third-order valence-electron chi connectivity index (χ3n) is 2.12. The Bertz CT molecular complexity index is 366. The number of nitrogens with one attached hydrogen (secondary N) is 2. The zero-order chi connectivity index (χ0) is 12.0. The molecule has 0 bridgehead atoms. The van der Waals surface area contributed by atoms with Gasteiger partial charge in [-0.25, -0.2) is 0 Å². The third kappa shape index (κ3) is 3.05. The molecule has 1 aromatic rings. The fourth-order valence-corrected chi connectivity index (χ4v) is 1.22. The summed E-state index contributed by atoms with van der Waals surface area (Å²) >= 11 is 0. The zero-order valence-corrected chi connectivity index (χ0v) is 9.66. The van der Waals surface area contributed by atoms with Gasteiger partial charge in [0.15, 0.2) is 11.5 Å². The maximum Gasteiger partial charge on any atom is 0.239 e. The molecule has 0 radical (unpaired) electrons. The van der Waals surface area contributed by atoms with Crippen LogP contribution >= 0.6 is 0 Å². The summed E-state index contributed by atoms with van der Waals surface area (Å²) in [5.74, 6) is 1.21. The molecule has 5 nitrogen and oxygen atoms in total. The van der Waals surface area contributed by atoms with E-state index >= 15 is 0 Å². The first-order chi connectivity index (χ1) is 7.71. The molecule has 0 saturated carbocycles. The maximum absolute atomic E-state index is 11.0. The van der Waals surface area contributed by atoms with E-state index in [1.165, 1.54) is 0 Å². The average Bonchev–Trinajstić information content (AvgIpc) is 2.35. The lowest BCUT2D eigenvalue weighted by atomic mass is 10.2. The summed E-state index contributed by atoms with van der Waals surface area (Å²) in [5.41, 5.74) is 0.807. The molecular formula is C11H16N2O3. The molecule has 1 rings (SSSR count). The lowest BCUT2D eigenvalue weighted by Crippen LogP contribution is -2.26. The van der Waals surface area contributed by atoms with Crippen LogP contribution in [0.4, 0.5) is 5.69 Å². The molecule has 0 aliphatic heterocycles. The first-order valence-electron chi connectivity index (χ1n) is 4.87. The second kappa shape index (κ2) is 5.85. The van der Waals surface area contributed by atoms with Crippen LogP contribution in [0.3, 0.4) is 0 Å². The van der Waals surface area contributed by atoms with Crippen molar-refractivity contribution in [2.45, 2.75) is 0 Å². The molecule has 2 N–H and O–H groups in total. The Hall–Kier alpha value is -1.91. The third-order valence-corrected chi connectivity index (χ3v) is 2.12. The number of carbonyl (C=O) groups is 1. The predicted molar refractivity (Wildman–Crippen MR) is 62.1 cm³/mol. The number of ether oxygens (including phenoxy) is 2. The number of hydrogen-bond acceptors (Lipinski definition) is 4. The normalized spacial score (nSPS) is 9.44.